The van der Waals surface area contributed by atoms with Crippen molar-refractivity contribution in [1.29, 1.82) is 0 Å². The van der Waals surface area contributed by atoms with E-state index in [-0.39, 0.29) is 18.6 Å². The van der Waals surface area contributed by atoms with Crippen LogP contribution >= 0.6 is 0 Å². The number of nitrogens with one attached hydrogen (secondary N) is 1. The number of hydrogen-bond acceptors (Lipinski definition) is 4. The molecule has 116 valence electrons. The molecule has 2 rings (SSSR count). The first-order chi connectivity index (χ1) is 10.3. The Kier molecular flexibility index (Phi) is 6.50. The highest BCUT2D eigenvalue weighted by molar-refractivity contribution is 5.78. The third kappa shape index (κ3) is 5.36. The summed E-state index contributed by atoms with van der Waals surface area (Å²) in [4.78, 5) is 14.0. The number of benzene rings is 1. The van der Waals surface area contributed by atoms with Gasteiger partial charge < -0.3 is 15.2 Å². The molecular formula is C16H24N2O3. The first kappa shape index (κ1) is 15.8. The molecular weight excluding hydrogens is 268 g/mol. The Balaban J connectivity index is 1.63. The van der Waals surface area contributed by atoms with Gasteiger partial charge in [-0.15, -0.1) is 0 Å². The predicted molar refractivity (Wildman–Crippen MR) is 81.2 cm³/mol. The van der Waals surface area contributed by atoms with Gasteiger partial charge in [-0.05, 0) is 31.5 Å². The first-order valence-corrected chi connectivity index (χ1v) is 7.59. The fourth-order valence-corrected chi connectivity index (χ4v) is 2.59. The van der Waals surface area contributed by atoms with Gasteiger partial charge >= 0.3 is 0 Å². The lowest BCUT2D eigenvalue weighted by Gasteiger charge is -2.33. The molecule has 0 spiro atoms. The summed E-state index contributed by atoms with van der Waals surface area (Å²) in [5.74, 6) is 0.801. The molecule has 1 heterocycles. The number of carbonyl (C=O) groups excluding carboxylic acids is 1. The molecule has 0 bridgehead atoms. The van der Waals surface area contributed by atoms with Crippen molar-refractivity contribution in [3.05, 3.63) is 30.3 Å². The SMILES string of the molecule is O=C(CN1CCCCC1CO)NCCOc1ccccc1. The molecule has 5 heteroatoms. The second-order valence-corrected chi connectivity index (χ2v) is 5.31. The van der Waals surface area contributed by atoms with Crippen molar-refractivity contribution < 1.29 is 14.6 Å². The van der Waals surface area contributed by atoms with Crippen LogP contribution in [0.2, 0.25) is 0 Å². The Morgan fingerprint density at radius 2 is 2.14 bits per heavy atom. The third-order valence-electron chi connectivity index (χ3n) is 3.74. The number of hydrogen-bond donors (Lipinski definition) is 2. The Labute approximate surface area is 125 Å². The summed E-state index contributed by atoms with van der Waals surface area (Å²) in [5.41, 5.74) is 0. The molecule has 21 heavy (non-hydrogen) atoms. The van der Waals surface area contributed by atoms with Crippen LogP contribution < -0.4 is 10.1 Å². The number of aliphatic hydroxyl groups excluding tert-OH is 1. The lowest BCUT2D eigenvalue weighted by molar-refractivity contribution is -0.123. The van der Waals surface area contributed by atoms with Gasteiger partial charge in [0, 0.05) is 6.04 Å². The average Bonchev–Trinajstić information content (AvgIpc) is 2.53. The molecule has 5 nitrogen and oxygen atoms in total. The van der Waals surface area contributed by atoms with Crippen LogP contribution in [0.5, 0.6) is 5.75 Å². The summed E-state index contributed by atoms with van der Waals surface area (Å²) < 4.78 is 5.52. The Bertz CT molecular complexity index is 425. The zero-order chi connectivity index (χ0) is 14.9. The quantitative estimate of drug-likeness (QED) is 0.737. The van der Waals surface area contributed by atoms with Crippen molar-refractivity contribution in [2.45, 2.75) is 25.3 Å². The fraction of sp³-hybridized carbons (Fsp3) is 0.562. The van der Waals surface area contributed by atoms with E-state index >= 15 is 0 Å². The number of piperidine rings is 1. The minimum atomic E-state index is -0.00740. The van der Waals surface area contributed by atoms with Crippen molar-refractivity contribution in [2.24, 2.45) is 0 Å². The van der Waals surface area contributed by atoms with Crippen molar-refractivity contribution in [2.75, 3.05) is 32.8 Å². The van der Waals surface area contributed by atoms with E-state index in [9.17, 15) is 9.90 Å². The molecule has 1 aromatic carbocycles. The topological polar surface area (TPSA) is 61.8 Å². The van der Waals surface area contributed by atoms with E-state index in [0.29, 0.717) is 19.7 Å². The third-order valence-corrected chi connectivity index (χ3v) is 3.74. The molecule has 1 amide bonds. The monoisotopic (exact) mass is 292 g/mol. The maximum Gasteiger partial charge on any atom is 0.234 e. The molecule has 1 unspecified atom stereocenters. The fourth-order valence-electron chi connectivity index (χ4n) is 2.59. The number of amides is 1. The van der Waals surface area contributed by atoms with Gasteiger partial charge in [0.05, 0.1) is 19.7 Å². The number of ether oxygens (including phenoxy) is 1. The smallest absolute Gasteiger partial charge is 0.234 e. The van der Waals surface area contributed by atoms with Gasteiger partial charge in [0.25, 0.3) is 0 Å². The lowest BCUT2D eigenvalue weighted by Crippen LogP contribution is -2.47. The Morgan fingerprint density at radius 1 is 1.33 bits per heavy atom. The zero-order valence-corrected chi connectivity index (χ0v) is 12.3. The highest BCUT2D eigenvalue weighted by Gasteiger charge is 2.23. The van der Waals surface area contributed by atoms with Gasteiger partial charge in [-0.1, -0.05) is 24.6 Å². The van der Waals surface area contributed by atoms with Gasteiger partial charge in [-0.2, -0.15) is 0 Å². The summed E-state index contributed by atoms with van der Waals surface area (Å²) in [7, 11) is 0. The van der Waals surface area contributed by atoms with E-state index in [4.69, 9.17) is 4.74 Å². The molecule has 0 radical (unpaired) electrons. The summed E-state index contributed by atoms with van der Waals surface area (Å²) in [6, 6.07) is 9.68. The van der Waals surface area contributed by atoms with Crippen LogP contribution in [0.3, 0.4) is 0 Å². The van der Waals surface area contributed by atoms with E-state index in [1.165, 1.54) is 0 Å². The van der Waals surface area contributed by atoms with Crippen LogP contribution in [0.25, 0.3) is 0 Å². The molecule has 2 N–H and O–H groups in total. The molecule has 1 aromatic rings. The summed E-state index contributed by atoms with van der Waals surface area (Å²) in [5, 5.41) is 12.2. The summed E-state index contributed by atoms with van der Waals surface area (Å²) in [6.45, 7) is 2.32. The molecule has 1 saturated heterocycles. The van der Waals surface area contributed by atoms with Crippen molar-refractivity contribution in [3.63, 3.8) is 0 Å². The largest absolute Gasteiger partial charge is 0.492 e. The highest BCUT2D eigenvalue weighted by Crippen LogP contribution is 2.15. The second-order valence-electron chi connectivity index (χ2n) is 5.31. The molecule has 1 fully saturated rings. The minimum Gasteiger partial charge on any atom is -0.492 e. The number of likely N-dealkylation sites (tertiary alicyclic amines) is 1. The van der Waals surface area contributed by atoms with Crippen LogP contribution in [0.4, 0.5) is 0 Å². The van der Waals surface area contributed by atoms with Crippen LogP contribution in [-0.4, -0.2) is 54.8 Å². The van der Waals surface area contributed by atoms with Gasteiger partial charge in [0.2, 0.25) is 5.91 Å². The van der Waals surface area contributed by atoms with Gasteiger partial charge in [-0.3, -0.25) is 9.69 Å². The van der Waals surface area contributed by atoms with E-state index < -0.39 is 0 Å². The second kappa shape index (κ2) is 8.64. The van der Waals surface area contributed by atoms with E-state index in [1.54, 1.807) is 0 Å². The number of rotatable bonds is 7. The van der Waals surface area contributed by atoms with E-state index in [2.05, 4.69) is 10.2 Å². The molecule has 0 aliphatic carbocycles. The zero-order valence-electron chi connectivity index (χ0n) is 12.3. The normalized spacial score (nSPS) is 19.2. The van der Waals surface area contributed by atoms with Crippen molar-refractivity contribution in [3.8, 4) is 5.75 Å². The average molecular weight is 292 g/mol. The molecule has 0 aromatic heterocycles. The maximum atomic E-state index is 11.9. The van der Waals surface area contributed by atoms with Gasteiger partial charge in [0.15, 0.2) is 0 Å². The number of carbonyl (C=O) groups is 1. The number of aliphatic hydroxyl groups is 1. The molecule has 1 aliphatic rings. The predicted octanol–water partition coefficient (Wildman–Crippen LogP) is 1.03. The van der Waals surface area contributed by atoms with Gasteiger partial charge in [0.1, 0.15) is 12.4 Å². The highest BCUT2D eigenvalue weighted by atomic mass is 16.5. The lowest BCUT2D eigenvalue weighted by atomic mass is 10.0. The molecule has 1 aliphatic heterocycles. The van der Waals surface area contributed by atoms with Crippen LogP contribution in [-0.2, 0) is 4.79 Å². The Hall–Kier alpha value is -1.59. The maximum absolute atomic E-state index is 11.9. The van der Waals surface area contributed by atoms with Crippen LogP contribution in [0, 0.1) is 0 Å². The molecule has 1 atom stereocenters. The van der Waals surface area contributed by atoms with E-state index in [1.807, 2.05) is 30.3 Å². The minimum absolute atomic E-state index is 0.00740. The van der Waals surface area contributed by atoms with Crippen molar-refractivity contribution in [1.82, 2.24) is 10.2 Å². The van der Waals surface area contributed by atoms with Crippen LogP contribution in [0.15, 0.2) is 30.3 Å². The molecule has 0 saturated carbocycles. The number of nitrogens with zero attached hydrogens (tertiary/aromatic N) is 1. The Morgan fingerprint density at radius 3 is 2.90 bits per heavy atom. The summed E-state index contributed by atoms with van der Waals surface area (Å²) >= 11 is 0. The number of para-hydroxylation sites is 1. The van der Waals surface area contributed by atoms with Crippen LogP contribution in [0.1, 0.15) is 19.3 Å². The van der Waals surface area contributed by atoms with Crippen molar-refractivity contribution >= 4 is 5.91 Å². The summed E-state index contributed by atoms with van der Waals surface area (Å²) in [6.07, 6.45) is 3.20. The van der Waals surface area contributed by atoms with E-state index in [0.717, 1.165) is 31.6 Å². The first-order valence-electron chi connectivity index (χ1n) is 7.59. The van der Waals surface area contributed by atoms with Gasteiger partial charge in [-0.25, -0.2) is 0 Å². The standard InChI is InChI=1S/C16H24N2O3/c19-13-14-6-4-5-10-18(14)12-16(20)17-9-11-21-15-7-2-1-3-8-15/h1-3,7-8,14,19H,4-6,9-13H2,(H,17,20).